The van der Waals surface area contributed by atoms with Crippen molar-refractivity contribution in [3.05, 3.63) is 28.0 Å². The zero-order chi connectivity index (χ0) is 13.1. The van der Waals surface area contributed by atoms with Gasteiger partial charge >= 0.3 is 0 Å². The third-order valence-electron chi connectivity index (χ3n) is 3.04. The number of rotatable bonds is 2. The van der Waals surface area contributed by atoms with Crippen LogP contribution in [0.2, 0.25) is 10.3 Å². The molecular weight excluding hydrogens is 273 g/mol. The minimum Gasteiger partial charge on any atom is -0.345 e. The molecule has 1 amide bonds. The molecule has 1 aliphatic rings. The zero-order valence-corrected chi connectivity index (χ0v) is 11.7. The average Bonchev–Trinajstić information content (AvgIpc) is 2.46. The predicted octanol–water partition coefficient (Wildman–Crippen LogP) is 2.05. The number of amides is 1. The van der Waals surface area contributed by atoms with E-state index in [4.69, 9.17) is 23.2 Å². The number of halogens is 2. The molecule has 0 aliphatic carbocycles. The summed E-state index contributed by atoms with van der Waals surface area (Å²) in [5.74, 6) is 0.144. The van der Waals surface area contributed by atoms with Gasteiger partial charge < -0.3 is 4.90 Å². The minimum absolute atomic E-state index is 0.144. The van der Waals surface area contributed by atoms with Gasteiger partial charge in [0.15, 0.2) is 0 Å². The summed E-state index contributed by atoms with van der Waals surface area (Å²) >= 11 is 11.8. The summed E-state index contributed by atoms with van der Waals surface area (Å²) in [6, 6.07) is 3.57. The SMILES string of the molecule is CN1CCCN(Cc2ccc(Cl)nc2Cl)CC1=O. The van der Waals surface area contributed by atoms with E-state index in [0.717, 1.165) is 25.1 Å². The lowest BCUT2D eigenvalue weighted by Crippen LogP contribution is -2.34. The van der Waals surface area contributed by atoms with Crippen molar-refractivity contribution < 1.29 is 4.79 Å². The van der Waals surface area contributed by atoms with Crippen LogP contribution in [0.4, 0.5) is 0 Å². The number of likely N-dealkylation sites (N-methyl/N-ethyl adjacent to an activating group) is 1. The van der Waals surface area contributed by atoms with Gasteiger partial charge in [0.1, 0.15) is 10.3 Å². The van der Waals surface area contributed by atoms with Crippen molar-refractivity contribution in [1.29, 1.82) is 0 Å². The van der Waals surface area contributed by atoms with Crippen LogP contribution >= 0.6 is 23.2 Å². The van der Waals surface area contributed by atoms with Gasteiger partial charge in [-0.2, -0.15) is 0 Å². The Morgan fingerprint density at radius 3 is 2.83 bits per heavy atom. The fourth-order valence-corrected chi connectivity index (χ4v) is 2.39. The molecule has 0 spiro atoms. The van der Waals surface area contributed by atoms with Crippen molar-refractivity contribution >= 4 is 29.1 Å². The molecule has 18 heavy (non-hydrogen) atoms. The van der Waals surface area contributed by atoms with Crippen LogP contribution in [0.1, 0.15) is 12.0 Å². The molecule has 4 nitrogen and oxygen atoms in total. The molecule has 2 heterocycles. The highest BCUT2D eigenvalue weighted by Crippen LogP contribution is 2.19. The first-order valence-corrected chi connectivity index (χ1v) is 6.59. The molecule has 1 aliphatic heterocycles. The summed E-state index contributed by atoms with van der Waals surface area (Å²) in [5, 5.41) is 0.794. The van der Waals surface area contributed by atoms with E-state index in [1.807, 2.05) is 13.1 Å². The van der Waals surface area contributed by atoms with E-state index in [0.29, 0.717) is 23.4 Å². The molecule has 1 saturated heterocycles. The van der Waals surface area contributed by atoms with Crippen molar-refractivity contribution in [2.24, 2.45) is 0 Å². The summed E-state index contributed by atoms with van der Waals surface area (Å²) in [6.45, 7) is 2.75. The van der Waals surface area contributed by atoms with Gasteiger partial charge in [-0.15, -0.1) is 0 Å². The monoisotopic (exact) mass is 287 g/mol. The molecule has 0 unspecified atom stereocenters. The van der Waals surface area contributed by atoms with Crippen molar-refractivity contribution in [3.63, 3.8) is 0 Å². The van der Waals surface area contributed by atoms with E-state index in [1.165, 1.54) is 0 Å². The Labute approximate surface area is 116 Å². The zero-order valence-electron chi connectivity index (χ0n) is 10.2. The first kappa shape index (κ1) is 13.6. The molecule has 98 valence electrons. The molecule has 0 aromatic carbocycles. The van der Waals surface area contributed by atoms with Gasteiger partial charge in [-0.1, -0.05) is 29.3 Å². The van der Waals surface area contributed by atoms with Crippen LogP contribution in [0.15, 0.2) is 12.1 Å². The highest BCUT2D eigenvalue weighted by molar-refractivity contribution is 6.32. The first-order chi connectivity index (χ1) is 8.56. The van der Waals surface area contributed by atoms with E-state index in [1.54, 1.807) is 11.0 Å². The van der Waals surface area contributed by atoms with Gasteiger partial charge in [0.25, 0.3) is 0 Å². The highest BCUT2D eigenvalue weighted by atomic mass is 35.5. The van der Waals surface area contributed by atoms with E-state index < -0.39 is 0 Å². The van der Waals surface area contributed by atoms with Crippen molar-refractivity contribution in [2.75, 3.05) is 26.7 Å². The molecule has 0 N–H and O–H groups in total. The molecule has 1 fully saturated rings. The molecular formula is C12H15Cl2N3O. The first-order valence-electron chi connectivity index (χ1n) is 5.83. The second-order valence-corrected chi connectivity index (χ2v) is 5.21. The number of aromatic nitrogens is 1. The van der Waals surface area contributed by atoms with Crippen LogP contribution in [0.25, 0.3) is 0 Å². The Morgan fingerprint density at radius 1 is 1.33 bits per heavy atom. The van der Waals surface area contributed by atoms with Gasteiger partial charge in [0, 0.05) is 32.2 Å². The van der Waals surface area contributed by atoms with Crippen LogP contribution in [-0.4, -0.2) is 47.4 Å². The highest BCUT2D eigenvalue weighted by Gasteiger charge is 2.19. The number of hydrogen-bond donors (Lipinski definition) is 0. The molecule has 1 aromatic rings. The van der Waals surface area contributed by atoms with E-state index >= 15 is 0 Å². The Bertz CT molecular complexity index is 453. The van der Waals surface area contributed by atoms with Gasteiger partial charge in [-0.3, -0.25) is 9.69 Å². The smallest absolute Gasteiger partial charge is 0.236 e. The molecule has 0 atom stereocenters. The molecule has 6 heteroatoms. The van der Waals surface area contributed by atoms with Crippen LogP contribution in [0, 0.1) is 0 Å². The van der Waals surface area contributed by atoms with Gasteiger partial charge in [0.2, 0.25) is 5.91 Å². The van der Waals surface area contributed by atoms with Gasteiger partial charge in [-0.25, -0.2) is 4.98 Å². The standard InChI is InChI=1S/C12H15Cl2N3O/c1-16-5-2-6-17(8-11(16)18)7-9-3-4-10(13)15-12(9)14/h3-4H,2,5-8H2,1H3. The molecule has 0 bridgehead atoms. The molecule has 1 aromatic heterocycles. The third kappa shape index (κ3) is 3.34. The lowest BCUT2D eigenvalue weighted by molar-refractivity contribution is -0.129. The Balaban J connectivity index is 2.06. The van der Waals surface area contributed by atoms with E-state index in [-0.39, 0.29) is 5.91 Å². The van der Waals surface area contributed by atoms with Crippen LogP contribution in [0.3, 0.4) is 0 Å². The van der Waals surface area contributed by atoms with Crippen molar-refractivity contribution in [2.45, 2.75) is 13.0 Å². The maximum absolute atomic E-state index is 11.8. The van der Waals surface area contributed by atoms with E-state index in [2.05, 4.69) is 9.88 Å². The Morgan fingerprint density at radius 2 is 2.11 bits per heavy atom. The number of pyridine rings is 1. The Hall–Kier alpha value is -0.840. The maximum atomic E-state index is 11.8. The fourth-order valence-electron chi connectivity index (χ4n) is 1.98. The number of hydrogen-bond acceptors (Lipinski definition) is 3. The second-order valence-electron chi connectivity index (χ2n) is 4.46. The number of carbonyl (C=O) groups is 1. The van der Waals surface area contributed by atoms with Crippen LogP contribution < -0.4 is 0 Å². The summed E-state index contributed by atoms with van der Waals surface area (Å²) in [4.78, 5) is 19.6. The molecule has 0 radical (unpaired) electrons. The van der Waals surface area contributed by atoms with Gasteiger partial charge in [0.05, 0.1) is 6.54 Å². The lowest BCUT2D eigenvalue weighted by atomic mass is 10.2. The maximum Gasteiger partial charge on any atom is 0.236 e. The third-order valence-corrected chi connectivity index (χ3v) is 3.58. The fraction of sp³-hybridized carbons (Fsp3) is 0.500. The average molecular weight is 288 g/mol. The van der Waals surface area contributed by atoms with Crippen LogP contribution in [-0.2, 0) is 11.3 Å². The second kappa shape index (κ2) is 5.87. The predicted molar refractivity (Wildman–Crippen MR) is 71.8 cm³/mol. The quantitative estimate of drug-likeness (QED) is 0.782. The lowest BCUT2D eigenvalue weighted by Gasteiger charge is -2.19. The summed E-state index contributed by atoms with van der Waals surface area (Å²) in [5.41, 5.74) is 0.901. The minimum atomic E-state index is 0.144. The normalized spacial score (nSPS) is 17.9. The largest absolute Gasteiger partial charge is 0.345 e. The number of carbonyl (C=O) groups excluding carboxylic acids is 1. The summed E-state index contributed by atoms with van der Waals surface area (Å²) < 4.78 is 0. The number of nitrogens with zero attached hydrogens (tertiary/aromatic N) is 3. The van der Waals surface area contributed by atoms with Gasteiger partial charge in [-0.05, 0) is 12.5 Å². The summed E-state index contributed by atoms with van der Waals surface area (Å²) in [6.07, 6.45) is 0.973. The van der Waals surface area contributed by atoms with Crippen LogP contribution in [0.5, 0.6) is 0 Å². The topological polar surface area (TPSA) is 36.4 Å². The Kier molecular flexibility index (Phi) is 4.43. The summed E-state index contributed by atoms with van der Waals surface area (Å²) in [7, 11) is 1.84. The van der Waals surface area contributed by atoms with Crippen molar-refractivity contribution in [3.8, 4) is 0 Å². The molecule has 0 saturated carbocycles. The van der Waals surface area contributed by atoms with E-state index in [9.17, 15) is 4.79 Å². The molecule has 2 rings (SSSR count). The van der Waals surface area contributed by atoms with Crippen molar-refractivity contribution in [1.82, 2.24) is 14.8 Å².